The van der Waals surface area contributed by atoms with Gasteiger partial charge in [-0.1, -0.05) is 18.2 Å². The number of thioether (sulfide) groups is 1. The first-order valence-corrected chi connectivity index (χ1v) is 7.23. The molecule has 2 N–H and O–H groups in total. The van der Waals surface area contributed by atoms with E-state index in [1.165, 1.54) is 17.8 Å². The minimum Gasteiger partial charge on any atom is -0.398 e. The van der Waals surface area contributed by atoms with Gasteiger partial charge in [-0.25, -0.2) is 4.39 Å². The van der Waals surface area contributed by atoms with E-state index in [-0.39, 0.29) is 5.82 Å². The van der Waals surface area contributed by atoms with E-state index in [0.29, 0.717) is 16.3 Å². The normalized spacial score (nSPS) is 10.8. The van der Waals surface area contributed by atoms with Crippen LogP contribution in [-0.2, 0) is 5.75 Å². The van der Waals surface area contributed by atoms with Crippen LogP contribution in [0.2, 0.25) is 0 Å². The van der Waals surface area contributed by atoms with E-state index in [9.17, 15) is 4.39 Å². The van der Waals surface area contributed by atoms with Crippen molar-refractivity contribution in [3.05, 3.63) is 66.1 Å². The number of anilines is 1. The first-order chi connectivity index (χ1) is 9.75. The fourth-order valence-electron chi connectivity index (χ4n) is 2.09. The summed E-state index contributed by atoms with van der Waals surface area (Å²) in [6, 6.07) is 14.4. The summed E-state index contributed by atoms with van der Waals surface area (Å²) >= 11 is 1.47. The molecular weight excluding hydrogens is 271 g/mol. The first-order valence-electron chi connectivity index (χ1n) is 6.25. The lowest BCUT2D eigenvalue weighted by Crippen LogP contribution is -1.93. The molecular formula is C16H13FN2S. The van der Waals surface area contributed by atoms with Crippen LogP contribution in [0.3, 0.4) is 0 Å². The summed E-state index contributed by atoms with van der Waals surface area (Å²) in [6.07, 6.45) is 1.75. The summed E-state index contributed by atoms with van der Waals surface area (Å²) in [5.74, 6) is 0.472. The van der Waals surface area contributed by atoms with Gasteiger partial charge in [-0.2, -0.15) is 0 Å². The highest BCUT2D eigenvalue weighted by Crippen LogP contribution is 2.29. The maximum Gasteiger partial charge on any atom is 0.136 e. The van der Waals surface area contributed by atoms with Crippen LogP contribution in [0.15, 0.2) is 59.6 Å². The van der Waals surface area contributed by atoms with Gasteiger partial charge in [-0.05, 0) is 35.9 Å². The molecule has 0 aliphatic carbocycles. The third-order valence-corrected chi connectivity index (χ3v) is 4.20. The van der Waals surface area contributed by atoms with Crippen molar-refractivity contribution in [3.63, 3.8) is 0 Å². The number of halogens is 1. The molecule has 3 aromatic rings. The van der Waals surface area contributed by atoms with Crippen LogP contribution < -0.4 is 5.73 Å². The van der Waals surface area contributed by atoms with E-state index in [0.717, 1.165) is 16.5 Å². The van der Waals surface area contributed by atoms with Crippen LogP contribution in [0.5, 0.6) is 0 Å². The molecule has 0 unspecified atom stereocenters. The quantitative estimate of drug-likeness (QED) is 0.577. The van der Waals surface area contributed by atoms with Crippen LogP contribution in [0, 0.1) is 5.82 Å². The Morgan fingerprint density at radius 3 is 2.75 bits per heavy atom. The van der Waals surface area contributed by atoms with Crippen molar-refractivity contribution in [2.45, 2.75) is 10.6 Å². The molecule has 0 atom stereocenters. The number of fused-ring (bicyclic) bond motifs is 1. The predicted octanol–water partition coefficient (Wildman–Crippen LogP) is 4.25. The molecule has 0 aliphatic heterocycles. The Morgan fingerprint density at radius 1 is 1.05 bits per heavy atom. The number of pyridine rings is 1. The van der Waals surface area contributed by atoms with Crippen molar-refractivity contribution in [3.8, 4) is 0 Å². The monoisotopic (exact) mass is 284 g/mol. The lowest BCUT2D eigenvalue weighted by molar-refractivity contribution is 0.602. The smallest absolute Gasteiger partial charge is 0.136 e. The van der Waals surface area contributed by atoms with E-state index in [1.807, 2.05) is 30.3 Å². The van der Waals surface area contributed by atoms with Crippen molar-refractivity contribution in [2.75, 3.05) is 5.73 Å². The summed E-state index contributed by atoms with van der Waals surface area (Å²) in [7, 11) is 0. The SMILES string of the molecule is Nc1ccc(CSc2ccccc2F)c2ncccc12. The average molecular weight is 284 g/mol. The van der Waals surface area contributed by atoms with Crippen LogP contribution in [0.1, 0.15) is 5.56 Å². The molecule has 0 fully saturated rings. The third-order valence-electron chi connectivity index (χ3n) is 3.11. The van der Waals surface area contributed by atoms with Gasteiger partial charge in [0, 0.05) is 27.9 Å². The Labute approximate surface area is 120 Å². The summed E-state index contributed by atoms with van der Waals surface area (Å²) in [5, 5.41) is 0.944. The van der Waals surface area contributed by atoms with Gasteiger partial charge in [0.05, 0.1) is 5.52 Å². The largest absolute Gasteiger partial charge is 0.398 e. The van der Waals surface area contributed by atoms with Crippen LogP contribution >= 0.6 is 11.8 Å². The van der Waals surface area contributed by atoms with E-state index in [4.69, 9.17) is 5.73 Å². The van der Waals surface area contributed by atoms with Gasteiger partial charge in [-0.3, -0.25) is 4.98 Å². The number of nitrogens with zero attached hydrogens (tertiary/aromatic N) is 1. The fourth-order valence-corrected chi connectivity index (χ4v) is 3.01. The van der Waals surface area contributed by atoms with Crippen molar-refractivity contribution in [1.82, 2.24) is 4.98 Å². The molecule has 0 radical (unpaired) electrons. The second-order valence-corrected chi connectivity index (χ2v) is 5.45. The average Bonchev–Trinajstić information content (AvgIpc) is 2.48. The van der Waals surface area contributed by atoms with Crippen LogP contribution in [0.4, 0.5) is 10.1 Å². The Kier molecular flexibility index (Phi) is 3.56. The van der Waals surface area contributed by atoms with E-state index < -0.39 is 0 Å². The lowest BCUT2D eigenvalue weighted by atomic mass is 10.1. The summed E-state index contributed by atoms with van der Waals surface area (Å²) in [4.78, 5) is 5.04. The Balaban J connectivity index is 1.92. The molecule has 0 saturated carbocycles. The number of benzene rings is 2. The van der Waals surface area contributed by atoms with Gasteiger partial charge in [0.25, 0.3) is 0 Å². The minimum atomic E-state index is -0.190. The molecule has 0 amide bonds. The maximum atomic E-state index is 13.6. The van der Waals surface area contributed by atoms with Gasteiger partial charge in [0.15, 0.2) is 0 Å². The number of nitrogen functional groups attached to an aromatic ring is 1. The lowest BCUT2D eigenvalue weighted by Gasteiger charge is -2.08. The zero-order valence-electron chi connectivity index (χ0n) is 10.7. The zero-order chi connectivity index (χ0) is 13.9. The topological polar surface area (TPSA) is 38.9 Å². The minimum absolute atomic E-state index is 0.190. The Hall–Kier alpha value is -2.07. The van der Waals surface area contributed by atoms with Crippen LogP contribution in [0.25, 0.3) is 10.9 Å². The summed E-state index contributed by atoms with van der Waals surface area (Å²) < 4.78 is 13.6. The highest BCUT2D eigenvalue weighted by molar-refractivity contribution is 7.98. The van der Waals surface area contributed by atoms with Gasteiger partial charge in [0.1, 0.15) is 5.82 Å². The molecule has 1 heterocycles. The number of hydrogen-bond donors (Lipinski definition) is 1. The Morgan fingerprint density at radius 2 is 1.90 bits per heavy atom. The molecule has 2 aromatic carbocycles. The molecule has 3 rings (SSSR count). The van der Waals surface area contributed by atoms with Crippen molar-refractivity contribution < 1.29 is 4.39 Å². The fraction of sp³-hybridized carbons (Fsp3) is 0.0625. The molecule has 1 aromatic heterocycles. The maximum absolute atomic E-state index is 13.6. The van der Waals surface area contributed by atoms with Crippen molar-refractivity contribution in [2.24, 2.45) is 0 Å². The van der Waals surface area contributed by atoms with Gasteiger partial charge in [0.2, 0.25) is 0 Å². The van der Waals surface area contributed by atoms with E-state index in [1.54, 1.807) is 18.3 Å². The molecule has 20 heavy (non-hydrogen) atoms. The van der Waals surface area contributed by atoms with Crippen molar-refractivity contribution in [1.29, 1.82) is 0 Å². The number of nitrogens with two attached hydrogens (primary N) is 1. The van der Waals surface area contributed by atoms with Gasteiger partial charge < -0.3 is 5.73 Å². The van der Waals surface area contributed by atoms with E-state index in [2.05, 4.69) is 4.98 Å². The highest BCUT2D eigenvalue weighted by Gasteiger charge is 2.07. The molecule has 2 nitrogen and oxygen atoms in total. The third kappa shape index (κ3) is 2.47. The summed E-state index contributed by atoms with van der Waals surface area (Å²) in [5.41, 5.74) is 8.61. The first kappa shape index (κ1) is 12.9. The standard InChI is InChI=1S/C16H13FN2S/c17-13-5-1-2-6-15(13)20-10-11-7-8-14(18)12-4-3-9-19-16(11)12/h1-9H,10,18H2. The van der Waals surface area contributed by atoms with Gasteiger partial charge in [-0.15, -0.1) is 11.8 Å². The van der Waals surface area contributed by atoms with Crippen LogP contribution in [-0.4, -0.2) is 4.98 Å². The number of hydrogen-bond acceptors (Lipinski definition) is 3. The van der Waals surface area contributed by atoms with Crippen molar-refractivity contribution >= 4 is 28.4 Å². The van der Waals surface area contributed by atoms with E-state index >= 15 is 0 Å². The zero-order valence-corrected chi connectivity index (χ0v) is 11.5. The predicted molar refractivity (Wildman–Crippen MR) is 82.1 cm³/mol. The second kappa shape index (κ2) is 5.51. The molecule has 4 heteroatoms. The Bertz CT molecular complexity index is 758. The highest BCUT2D eigenvalue weighted by atomic mass is 32.2. The molecule has 100 valence electrons. The molecule has 0 spiro atoms. The second-order valence-electron chi connectivity index (χ2n) is 4.43. The number of rotatable bonds is 3. The van der Waals surface area contributed by atoms with Gasteiger partial charge >= 0.3 is 0 Å². The summed E-state index contributed by atoms with van der Waals surface area (Å²) in [6.45, 7) is 0. The molecule has 0 aliphatic rings. The molecule has 0 saturated heterocycles. The number of aromatic nitrogens is 1. The molecule has 0 bridgehead atoms.